The number of hydrogen-bond donors (Lipinski definition) is 1. The monoisotopic (exact) mass is 321 g/mol. The van der Waals surface area contributed by atoms with E-state index in [9.17, 15) is 4.79 Å². The van der Waals surface area contributed by atoms with E-state index in [1.807, 2.05) is 25.1 Å². The Balaban J connectivity index is 1.69. The van der Waals surface area contributed by atoms with Crippen molar-refractivity contribution in [2.45, 2.75) is 20.8 Å². The van der Waals surface area contributed by atoms with Crippen LogP contribution in [0.25, 0.3) is 5.69 Å². The fourth-order valence-electron chi connectivity index (χ4n) is 2.58. The molecular formula is C19H19N3O2. The van der Waals surface area contributed by atoms with E-state index in [1.165, 1.54) is 6.21 Å². The number of aromatic nitrogens is 1. The van der Waals surface area contributed by atoms with Crippen molar-refractivity contribution in [2.75, 3.05) is 0 Å². The normalized spacial score (nSPS) is 11.1. The van der Waals surface area contributed by atoms with Gasteiger partial charge in [-0.15, -0.1) is 0 Å². The van der Waals surface area contributed by atoms with Crippen LogP contribution in [0.3, 0.4) is 0 Å². The maximum absolute atomic E-state index is 12.1. The largest absolute Gasteiger partial charge is 0.460 e. The Morgan fingerprint density at radius 2 is 1.67 bits per heavy atom. The van der Waals surface area contributed by atoms with Crippen LogP contribution >= 0.6 is 0 Å². The molecule has 122 valence electrons. The van der Waals surface area contributed by atoms with Gasteiger partial charge in [-0.3, -0.25) is 4.79 Å². The van der Waals surface area contributed by atoms with Crippen LogP contribution in [0.1, 0.15) is 33.3 Å². The summed E-state index contributed by atoms with van der Waals surface area (Å²) in [5, 5.41) is 3.91. The highest BCUT2D eigenvalue weighted by Gasteiger charge is 2.07. The first kappa shape index (κ1) is 15.8. The van der Waals surface area contributed by atoms with Crippen molar-refractivity contribution in [3.05, 3.63) is 77.0 Å². The van der Waals surface area contributed by atoms with E-state index in [2.05, 4.69) is 41.1 Å². The molecule has 1 aromatic carbocycles. The maximum Gasteiger partial charge on any atom is 0.271 e. The third-order valence-electron chi connectivity index (χ3n) is 3.78. The van der Waals surface area contributed by atoms with Gasteiger partial charge in [0.25, 0.3) is 5.91 Å². The molecule has 0 atom stereocenters. The molecule has 24 heavy (non-hydrogen) atoms. The number of benzene rings is 1. The fourth-order valence-corrected chi connectivity index (χ4v) is 2.58. The number of amides is 1. The molecule has 5 nitrogen and oxygen atoms in total. The summed E-state index contributed by atoms with van der Waals surface area (Å²) in [5.74, 6) is 1.14. The number of carbonyl (C=O) groups is 1. The van der Waals surface area contributed by atoms with E-state index in [-0.39, 0.29) is 5.91 Å². The van der Waals surface area contributed by atoms with Gasteiger partial charge in [0.2, 0.25) is 0 Å². The molecule has 0 saturated heterocycles. The van der Waals surface area contributed by atoms with Crippen molar-refractivity contribution >= 4 is 12.1 Å². The Bertz CT molecular complexity index is 866. The van der Waals surface area contributed by atoms with Gasteiger partial charge in [0.15, 0.2) is 0 Å². The summed E-state index contributed by atoms with van der Waals surface area (Å²) in [6.07, 6.45) is 1.48. The van der Waals surface area contributed by atoms with E-state index in [4.69, 9.17) is 4.42 Å². The molecule has 5 heteroatoms. The molecule has 0 aliphatic heterocycles. The van der Waals surface area contributed by atoms with Gasteiger partial charge in [0.1, 0.15) is 11.5 Å². The van der Waals surface area contributed by atoms with E-state index in [0.29, 0.717) is 11.3 Å². The maximum atomic E-state index is 12.1. The van der Waals surface area contributed by atoms with Crippen molar-refractivity contribution in [1.29, 1.82) is 0 Å². The Morgan fingerprint density at radius 1 is 1.00 bits per heavy atom. The lowest BCUT2D eigenvalue weighted by Crippen LogP contribution is -2.17. The van der Waals surface area contributed by atoms with Gasteiger partial charge in [-0.05, 0) is 69.3 Å². The highest BCUT2D eigenvalue weighted by atomic mass is 16.3. The van der Waals surface area contributed by atoms with Crippen molar-refractivity contribution in [2.24, 2.45) is 5.10 Å². The average molecular weight is 321 g/mol. The SMILES string of the molecule is Cc1ccc(C=NNC(=O)c2ccc(-n3c(C)ccc3C)cc2)o1. The molecule has 2 aromatic heterocycles. The number of carbonyl (C=O) groups excluding carboxylic acids is 1. The second-order valence-electron chi connectivity index (χ2n) is 5.65. The lowest BCUT2D eigenvalue weighted by molar-refractivity contribution is 0.0955. The van der Waals surface area contributed by atoms with Crippen LogP contribution < -0.4 is 5.43 Å². The van der Waals surface area contributed by atoms with Crippen molar-refractivity contribution in [3.63, 3.8) is 0 Å². The standard InChI is InChI=1S/C19H19N3O2/c1-13-4-5-14(2)22(13)17-9-7-16(8-10-17)19(23)21-20-12-18-11-6-15(3)24-18/h4-12H,1-3H3,(H,21,23). The van der Waals surface area contributed by atoms with Crippen molar-refractivity contribution in [3.8, 4) is 5.69 Å². The third kappa shape index (κ3) is 3.30. The summed E-state index contributed by atoms with van der Waals surface area (Å²) in [4.78, 5) is 12.1. The van der Waals surface area contributed by atoms with Gasteiger partial charge in [0.05, 0.1) is 6.21 Å². The predicted molar refractivity (Wildman–Crippen MR) is 93.7 cm³/mol. The highest BCUT2D eigenvalue weighted by molar-refractivity contribution is 5.94. The molecule has 0 bridgehead atoms. The first-order chi connectivity index (χ1) is 11.5. The summed E-state index contributed by atoms with van der Waals surface area (Å²) < 4.78 is 7.49. The number of rotatable bonds is 4. The molecule has 2 heterocycles. The molecule has 0 fully saturated rings. The molecule has 0 aliphatic rings. The number of nitrogens with zero attached hydrogens (tertiary/aromatic N) is 2. The molecule has 3 rings (SSSR count). The highest BCUT2D eigenvalue weighted by Crippen LogP contribution is 2.16. The Morgan fingerprint density at radius 3 is 2.25 bits per heavy atom. The Kier molecular flexibility index (Phi) is 4.33. The zero-order chi connectivity index (χ0) is 17.1. The van der Waals surface area contributed by atoms with Crippen LogP contribution in [0.15, 0.2) is 58.0 Å². The first-order valence-corrected chi connectivity index (χ1v) is 7.70. The van der Waals surface area contributed by atoms with Gasteiger partial charge in [-0.2, -0.15) is 5.10 Å². The summed E-state index contributed by atoms with van der Waals surface area (Å²) in [6.45, 7) is 5.96. The molecule has 0 aliphatic carbocycles. The third-order valence-corrected chi connectivity index (χ3v) is 3.78. The minimum absolute atomic E-state index is 0.262. The first-order valence-electron chi connectivity index (χ1n) is 7.70. The summed E-state index contributed by atoms with van der Waals surface area (Å²) in [7, 11) is 0. The van der Waals surface area contributed by atoms with Crippen molar-refractivity contribution < 1.29 is 9.21 Å². The molecule has 0 spiro atoms. The average Bonchev–Trinajstić information content (AvgIpc) is 3.13. The Hall–Kier alpha value is -3.08. The van der Waals surface area contributed by atoms with Gasteiger partial charge in [-0.25, -0.2) is 5.43 Å². The molecule has 0 saturated carbocycles. The number of hydrazone groups is 1. The molecule has 1 amide bonds. The smallest absolute Gasteiger partial charge is 0.271 e. The van der Waals surface area contributed by atoms with Gasteiger partial charge >= 0.3 is 0 Å². The molecule has 0 radical (unpaired) electrons. The quantitative estimate of drug-likeness (QED) is 0.587. The van der Waals surface area contributed by atoms with E-state index >= 15 is 0 Å². The van der Waals surface area contributed by atoms with E-state index in [1.54, 1.807) is 18.2 Å². The van der Waals surface area contributed by atoms with E-state index < -0.39 is 0 Å². The number of aryl methyl sites for hydroxylation is 3. The summed E-state index contributed by atoms with van der Waals surface area (Å²) in [5.41, 5.74) is 6.39. The van der Waals surface area contributed by atoms with Crippen LogP contribution in [0.4, 0.5) is 0 Å². The minimum atomic E-state index is -0.262. The van der Waals surface area contributed by atoms with Gasteiger partial charge in [0, 0.05) is 22.6 Å². The van der Waals surface area contributed by atoms with E-state index in [0.717, 1.165) is 22.8 Å². The zero-order valence-corrected chi connectivity index (χ0v) is 13.9. The lowest BCUT2D eigenvalue weighted by atomic mass is 10.2. The number of nitrogens with one attached hydrogen (secondary N) is 1. The number of hydrogen-bond acceptors (Lipinski definition) is 3. The summed E-state index contributed by atoms with van der Waals surface area (Å²) in [6, 6.07) is 15.2. The second-order valence-corrected chi connectivity index (χ2v) is 5.65. The van der Waals surface area contributed by atoms with Crippen molar-refractivity contribution in [1.82, 2.24) is 9.99 Å². The van der Waals surface area contributed by atoms with Crippen LogP contribution in [0, 0.1) is 20.8 Å². The second kappa shape index (κ2) is 6.58. The van der Waals surface area contributed by atoms with Gasteiger partial charge in [-0.1, -0.05) is 0 Å². The van der Waals surface area contributed by atoms with Crippen LogP contribution in [0.5, 0.6) is 0 Å². The molecular weight excluding hydrogens is 302 g/mol. The fraction of sp³-hybridized carbons (Fsp3) is 0.158. The van der Waals surface area contributed by atoms with Crippen LogP contribution in [-0.4, -0.2) is 16.7 Å². The van der Waals surface area contributed by atoms with Gasteiger partial charge < -0.3 is 8.98 Å². The topological polar surface area (TPSA) is 59.5 Å². The predicted octanol–water partition coefficient (Wildman–Crippen LogP) is 3.76. The number of furan rings is 1. The van der Waals surface area contributed by atoms with Crippen LogP contribution in [0.2, 0.25) is 0 Å². The minimum Gasteiger partial charge on any atom is -0.460 e. The lowest BCUT2D eigenvalue weighted by Gasteiger charge is -2.09. The molecule has 1 N–H and O–H groups in total. The summed E-state index contributed by atoms with van der Waals surface area (Å²) >= 11 is 0. The van der Waals surface area contributed by atoms with Crippen LogP contribution in [-0.2, 0) is 0 Å². The zero-order valence-electron chi connectivity index (χ0n) is 13.9. The molecule has 3 aromatic rings. The Labute approximate surface area is 140 Å². The molecule has 0 unspecified atom stereocenters.